The molecule has 0 radical (unpaired) electrons. The number of aryl methyl sites for hydroxylation is 4. The van der Waals surface area contributed by atoms with Crippen LogP contribution in [-0.2, 0) is 48.5 Å². The third-order valence-corrected chi connectivity index (χ3v) is 26.6. The standard InChI is InChI=1S/2C15H13.2C13H10.2C11H21Si2.2ClH.2Zr/c2*1-10-3-5-14-12(7-10)9-13-8-11(2)4-6-15(13)14;2*1-3-7-12(8-4-1)11-13-9-5-2-6-10-13;2*1-12(2,3)10-7-8-11(9-10)13(4,5)6;;;;/h2*3-9H,1-2H3;2*1-10H;2*9H,7H2,1-6H3;2*1H;;/q2*-1;;;2*-1;;;2*+2/p-2. The predicted molar refractivity (Wildman–Crippen MR) is 378 cm³/mol. The fourth-order valence-corrected chi connectivity index (χ4v) is 16.9. The van der Waals surface area contributed by atoms with E-state index in [4.69, 9.17) is 0 Å². The van der Waals surface area contributed by atoms with Gasteiger partial charge in [-0.15, -0.1) is 92.3 Å². The van der Waals surface area contributed by atoms with Crippen molar-refractivity contribution < 1.29 is 73.3 Å². The van der Waals surface area contributed by atoms with Crippen LogP contribution >= 0.6 is 0 Å². The van der Waals surface area contributed by atoms with Crippen LogP contribution in [0.2, 0.25) is 78.6 Å². The summed E-state index contributed by atoms with van der Waals surface area (Å²) in [5, 5.41) is 17.4. The normalized spacial score (nSPS) is 12.8. The molecule has 2 aliphatic carbocycles. The van der Waals surface area contributed by atoms with Crippen molar-refractivity contribution in [2.45, 2.75) is 119 Å². The summed E-state index contributed by atoms with van der Waals surface area (Å²) < 4.78 is 2.83. The van der Waals surface area contributed by atoms with Crippen LogP contribution in [0, 0.1) is 39.8 Å². The number of hydrogen-bond acceptors (Lipinski definition) is 0. The number of benzene rings is 8. The molecule has 0 amide bonds. The van der Waals surface area contributed by atoms with Crippen molar-refractivity contribution >= 4 is 81.8 Å². The number of allylic oxidation sites excluding steroid dienone is 8. The van der Waals surface area contributed by atoms with Gasteiger partial charge in [0.25, 0.3) is 0 Å². The molecule has 0 atom stereocenters. The Morgan fingerprint density at radius 3 is 0.721 bits per heavy atom. The number of halogens is 2. The maximum atomic E-state index is 3.57. The molecular weight excluding hydrogens is 1300 g/mol. The van der Waals surface area contributed by atoms with Crippen molar-refractivity contribution in [1.82, 2.24) is 0 Å². The summed E-state index contributed by atoms with van der Waals surface area (Å²) >= 11 is 2.92. The van der Waals surface area contributed by atoms with Crippen molar-refractivity contribution in [3.8, 4) is 0 Å². The number of fused-ring (bicyclic) bond motifs is 6. The van der Waals surface area contributed by atoms with E-state index in [9.17, 15) is 0 Å². The fraction of sp³-hybridized carbons (Fsp3) is 0.231. The molecule has 440 valence electrons. The molecule has 12 rings (SSSR count). The molecule has 2 aliphatic rings. The van der Waals surface area contributed by atoms with E-state index in [2.05, 4.69) is 337 Å². The van der Waals surface area contributed by atoms with Gasteiger partial charge in [-0.25, -0.2) is 22.5 Å². The second-order valence-electron chi connectivity index (χ2n) is 26.7. The Kier molecular flexibility index (Phi) is 27.1. The molecule has 0 aliphatic heterocycles. The van der Waals surface area contributed by atoms with Gasteiger partial charge in [0.1, 0.15) is 0 Å². The topological polar surface area (TPSA) is 0 Å². The summed E-state index contributed by atoms with van der Waals surface area (Å²) in [6.07, 6.45) is 14.3. The van der Waals surface area contributed by atoms with Gasteiger partial charge in [-0.2, -0.15) is 10.4 Å². The first-order valence-electron chi connectivity index (χ1n) is 29.8. The van der Waals surface area contributed by atoms with Crippen molar-refractivity contribution in [2.75, 3.05) is 0 Å². The summed E-state index contributed by atoms with van der Waals surface area (Å²) in [5.41, 5.74) is 10.6. The SMILES string of the molecule is C[Si](C)(C)C1=[C-]CC([Si](C)(C)C)=C1.C[Si](C)(C)C1=[C-]CC([Si](C)(C)C)=C1.Cc1ccc2c(c1)[cH-]c1cc(C)ccc12.Cc1ccc2c(c1)[cH-]c1cc(C)ccc12.[Cl-].[Cl-].[Zr+2]=[C](c1ccccc1)c1ccccc1.[Zr+2]=[C](c1ccccc1)c1ccccc1. The zero-order valence-corrected chi connectivity index (χ0v) is 64.4. The molecule has 10 aromatic rings. The molecule has 0 N–H and O–H groups in total. The predicted octanol–water partition coefficient (Wildman–Crippen LogP) is 15.9. The number of hydrogen-bond donors (Lipinski definition) is 0. The van der Waals surface area contributed by atoms with Gasteiger partial charge < -0.3 is 24.8 Å². The summed E-state index contributed by atoms with van der Waals surface area (Å²) in [4.78, 5) is 0. The molecule has 0 aromatic heterocycles. The summed E-state index contributed by atoms with van der Waals surface area (Å²) in [6, 6.07) is 73.4. The first-order chi connectivity index (χ1) is 39.6. The molecule has 0 fully saturated rings. The Hall–Kier alpha value is -4.59. The van der Waals surface area contributed by atoms with Crippen LogP contribution in [0.3, 0.4) is 0 Å². The molecule has 0 unspecified atom stereocenters. The zero-order chi connectivity index (χ0) is 61.0. The van der Waals surface area contributed by atoms with Gasteiger partial charge >= 0.3 is 198 Å². The summed E-state index contributed by atoms with van der Waals surface area (Å²) in [7, 11) is -4.28. The summed E-state index contributed by atoms with van der Waals surface area (Å²) in [6.45, 7) is 37.5. The van der Waals surface area contributed by atoms with Gasteiger partial charge in [-0.05, 0) is 27.7 Å². The zero-order valence-electron chi connectivity index (χ0n) is 54.0. The van der Waals surface area contributed by atoms with E-state index >= 15 is 0 Å². The molecule has 0 heterocycles. The maximum absolute atomic E-state index is 3.57. The first-order valence-corrected chi connectivity index (χ1v) is 46.3. The van der Waals surface area contributed by atoms with Gasteiger partial charge in [0.15, 0.2) is 0 Å². The summed E-state index contributed by atoms with van der Waals surface area (Å²) in [5.74, 6) is 0. The quantitative estimate of drug-likeness (QED) is 0.105. The van der Waals surface area contributed by atoms with Gasteiger partial charge in [-0.3, -0.25) is 12.2 Å². The van der Waals surface area contributed by atoms with Crippen molar-refractivity contribution in [2.24, 2.45) is 0 Å². The van der Waals surface area contributed by atoms with Crippen molar-refractivity contribution in [3.05, 3.63) is 296 Å². The van der Waals surface area contributed by atoms with Crippen LogP contribution in [0.15, 0.2) is 239 Å². The monoisotopic (exact) mass is 1390 g/mol. The van der Waals surface area contributed by atoms with Crippen LogP contribution < -0.4 is 24.8 Å². The van der Waals surface area contributed by atoms with E-state index in [-0.39, 0.29) is 24.8 Å². The van der Waals surface area contributed by atoms with E-state index in [1.165, 1.54) is 142 Å². The number of rotatable bonds is 8. The van der Waals surface area contributed by atoms with Gasteiger partial charge in [0.05, 0.1) is 16.1 Å². The minimum absolute atomic E-state index is 0. The Bertz CT molecular complexity index is 3530. The van der Waals surface area contributed by atoms with Gasteiger partial charge in [-0.1, -0.05) is 149 Å². The molecule has 8 heteroatoms. The Morgan fingerprint density at radius 2 is 0.547 bits per heavy atom. The van der Waals surface area contributed by atoms with Crippen LogP contribution in [0.1, 0.15) is 57.3 Å². The molecule has 0 saturated carbocycles. The average molecular weight is 1390 g/mol. The molecular formula is C78H88Cl2Si4Zr2-2. The first kappa shape index (κ1) is 72.2. The van der Waals surface area contributed by atoms with Gasteiger partial charge in [0, 0.05) is 16.1 Å². The molecule has 0 saturated heterocycles. The van der Waals surface area contributed by atoms with Crippen LogP contribution in [0.4, 0.5) is 0 Å². The third kappa shape index (κ3) is 20.7. The van der Waals surface area contributed by atoms with Crippen LogP contribution in [0.25, 0.3) is 43.1 Å². The minimum atomic E-state index is -1.09. The van der Waals surface area contributed by atoms with Crippen molar-refractivity contribution in [1.29, 1.82) is 0 Å². The third-order valence-electron chi connectivity index (χ3n) is 15.4. The molecule has 0 bridgehead atoms. The molecule has 10 aromatic carbocycles. The second-order valence-corrected chi connectivity index (χ2v) is 49.6. The molecule has 0 nitrogen and oxygen atoms in total. The average Bonchev–Trinajstić information content (AvgIpc) is 2.39. The van der Waals surface area contributed by atoms with E-state index in [0.29, 0.717) is 0 Å². The van der Waals surface area contributed by atoms with Crippen LogP contribution in [0.5, 0.6) is 0 Å². The van der Waals surface area contributed by atoms with Crippen LogP contribution in [-0.4, -0.2) is 38.7 Å². The van der Waals surface area contributed by atoms with E-state index in [0.717, 1.165) is 12.8 Å². The molecule has 86 heavy (non-hydrogen) atoms. The fourth-order valence-electron chi connectivity index (χ4n) is 10.1. The van der Waals surface area contributed by atoms with Crippen molar-refractivity contribution in [3.63, 3.8) is 0 Å². The Balaban J connectivity index is 0.000000188. The second kappa shape index (κ2) is 32.2. The Morgan fingerprint density at radius 1 is 0.326 bits per heavy atom. The van der Waals surface area contributed by atoms with Gasteiger partial charge in [0.2, 0.25) is 0 Å². The van der Waals surface area contributed by atoms with E-state index in [1.54, 1.807) is 20.8 Å². The van der Waals surface area contributed by atoms with E-state index < -0.39 is 32.3 Å². The molecule has 0 spiro atoms. The Labute approximate surface area is 564 Å². The van der Waals surface area contributed by atoms with E-state index in [1.807, 2.05) is 0 Å².